The molecule has 7 nitrogen and oxygen atoms in total. The van der Waals surface area contributed by atoms with Gasteiger partial charge in [-0.15, -0.1) is 0 Å². The first-order chi connectivity index (χ1) is 13.0. The molecule has 1 aliphatic rings. The molecule has 27 heavy (non-hydrogen) atoms. The van der Waals surface area contributed by atoms with Gasteiger partial charge in [-0.3, -0.25) is 10.1 Å². The summed E-state index contributed by atoms with van der Waals surface area (Å²) in [4.78, 5) is 27.2. The fraction of sp³-hybridized carbons (Fsp3) is 0.200. The van der Waals surface area contributed by atoms with Crippen LogP contribution in [0.25, 0.3) is 6.08 Å². The number of hydrogen-bond acceptors (Lipinski definition) is 6. The molecule has 0 atom stereocenters. The van der Waals surface area contributed by atoms with E-state index in [1.54, 1.807) is 30.3 Å². The maximum atomic E-state index is 12.2. The van der Waals surface area contributed by atoms with E-state index in [0.29, 0.717) is 35.5 Å². The van der Waals surface area contributed by atoms with Gasteiger partial charge in [0.1, 0.15) is 5.75 Å². The Hall–Kier alpha value is -3.48. The number of nitrogens with zero attached hydrogens (tertiary/aromatic N) is 2. The smallest absolute Gasteiger partial charge is 0.363 e. The molecule has 0 spiro atoms. The summed E-state index contributed by atoms with van der Waals surface area (Å²) in [5.74, 6) is 0.101. The van der Waals surface area contributed by atoms with Crippen LogP contribution in [0.3, 0.4) is 0 Å². The lowest BCUT2D eigenvalue weighted by Crippen LogP contribution is -2.07. The van der Waals surface area contributed by atoms with Gasteiger partial charge in [0.2, 0.25) is 5.90 Å². The van der Waals surface area contributed by atoms with Gasteiger partial charge in [-0.25, -0.2) is 9.79 Å². The fourth-order valence-corrected chi connectivity index (χ4v) is 2.75. The SMILES string of the molecule is CCOc1ccccc1C1=N/C(=C\c2ccc(CC)c([N+](=O)[O-])c2)C(=O)O1. The highest BCUT2D eigenvalue weighted by atomic mass is 16.6. The van der Waals surface area contributed by atoms with E-state index in [-0.39, 0.29) is 17.3 Å². The topological polar surface area (TPSA) is 91.0 Å². The molecule has 0 saturated heterocycles. The zero-order chi connectivity index (χ0) is 19.4. The van der Waals surface area contributed by atoms with Gasteiger partial charge >= 0.3 is 5.97 Å². The van der Waals surface area contributed by atoms with Crippen LogP contribution in [0.5, 0.6) is 5.75 Å². The van der Waals surface area contributed by atoms with Crippen LogP contribution in [0.1, 0.15) is 30.5 Å². The Bertz CT molecular complexity index is 963. The minimum atomic E-state index is -0.612. The van der Waals surface area contributed by atoms with Crippen molar-refractivity contribution < 1.29 is 19.2 Å². The number of aliphatic imine (C=N–C) groups is 1. The molecule has 1 aliphatic heterocycles. The van der Waals surface area contributed by atoms with Gasteiger partial charge in [-0.05, 0) is 37.1 Å². The second-order valence-corrected chi connectivity index (χ2v) is 5.76. The second kappa shape index (κ2) is 7.82. The average molecular weight is 366 g/mol. The summed E-state index contributed by atoms with van der Waals surface area (Å²) >= 11 is 0. The summed E-state index contributed by atoms with van der Waals surface area (Å²) < 4.78 is 10.8. The van der Waals surface area contributed by atoms with Crippen molar-refractivity contribution in [1.29, 1.82) is 0 Å². The van der Waals surface area contributed by atoms with E-state index in [0.717, 1.165) is 0 Å². The molecule has 2 aromatic rings. The minimum Gasteiger partial charge on any atom is -0.493 e. The molecule has 3 rings (SSSR count). The zero-order valence-electron chi connectivity index (χ0n) is 15.0. The number of rotatable bonds is 6. The van der Waals surface area contributed by atoms with Crippen LogP contribution in [-0.4, -0.2) is 23.4 Å². The number of ether oxygens (including phenoxy) is 2. The lowest BCUT2D eigenvalue weighted by atomic mass is 10.1. The first kappa shape index (κ1) is 18.3. The summed E-state index contributed by atoms with van der Waals surface area (Å²) in [5, 5.41) is 11.2. The van der Waals surface area contributed by atoms with Gasteiger partial charge in [0, 0.05) is 11.6 Å². The van der Waals surface area contributed by atoms with Gasteiger partial charge < -0.3 is 9.47 Å². The van der Waals surface area contributed by atoms with Crippen molar-refractivity contribution in [3.63, 3.8) is 0 Å². The van der Waals surface area contributed by atoms with Gasteiger partial charge in [0.15, 0.2) is 5.70 Å². The molecule has 0 aromatic heterocycles. The molecule has 0 radical (unpaired) electrons. The van der Waals surface area contributed by atoms with Crippen molar-refractivity contribution in [1.82, 2.24) is 0 Å². The maximum absolute atomic E-state index is 12.2. The second-order valence-electron chi connectivity index (χ2n) is 5.76. The van der Waals surface area contributed by atoms with Crippen LogP contribution in [0.15, 0.2) is 53.2 Å². The molecule has 0 bridgehead atoms. The third kappa shape index (κ3) is 3.87. The van der Waals surface area contributed by atoms with Crippen LogP contribution < -0.4 is 4.74 Å². The number of aryl methyl sites for hydroxylation is 1. The van der Waals surface area contributed by atoms with Crippen LogP contribution in [0.4, 0.5) is 5.69 Å². The third-order valence-corrected chi connectivity index (χ3v) is 4.03. The molecule has 7 heteroatoms. The summed E-state index contributed by atoms with van der Waals surface area (Å²) in [5.41, 5.74) is 1.81. The minimum absolute atomic E-state index is 0.0177. The van der Waals surface area contributed by atoms with Crippen LogP contribution in [0, 0.1) is 10.1 Å². The number of esters is 1. The third-order valence-electron chi connectivity index (χ3n) is 4.03. The molecule has 0 N–H and O–H groups in total. The Morgan fingerprint density at radius 1 is 1.22 bits per heavy atom. The maximum Gasteiger partial charge on any atom is 0.363 e. The first-order valence-electron chi connectivity index (χ1n) is 8.55. The van der Waals surface area contributed by atoms with Gasteiger partial charge in [0.25, 0.3) is 5.69 Å². The lowest BCUT2D eigenvalue weighted by molar-refractivity contribution is -0.385. The molecule has 0 amide bonds. The number of hydrogen-bond donors (Lipinski definition) is 0. The standard InChI is InChI=1S/C20H18N2O5/c1-3-14-10-9-13(12-17(14)22(24)25)11-16-20(23)27-19(21-16)15-7-5-6-8-18(15)26-4-2/h5-12H,3-4H2,1-2H3/b16-11-. The number of nitro benzene ring substituents is 1. The van der Waals surface area contributed by atoms with Crippen LogP contribution >= 0.6 is 0 Å². The molecule has 2 aromatic carbocycles. The van der Waals surface area contributed by atoms with E-state index in [4.69, 9.17) is 9.47 Å². The van der Waals surface area contributed by atoms with Crippen LogP contribution in [0.2, 0.25) is 0 Å². The highest BCUT2D eigenvalue weighted by Crippen LogP contribution is 2.27. The van der Waals surface area contributed by atoms with E-state index in [1.165, 1.54) is 12.1 Å². The largest absolute Gasteiger partial charge is 0.493 e. The summed E-state index contributed by atoms with van der Waals surface area (Å²) in [6.07, 6.45) is 2.02. The van der Waals surface area contributed by atoms with E-state index in [9.17, 15) is 14.9 Å². The van der Waals surface area contributed by atoms with E-state index in [1.807, 2.05) is 19.9 Å². The molecule has 0 saturated carbocycles. The Kier molecular flexibility index (Phi) is 5.30. The molecule has 1 heterocycles. The highest BCUT2D eigenvalue weighted by molar-refractivity contribution is 6.13. The van der Waals surface area contributed by atoms with E-state index < -0.39 is 10.9 Å². The first-order valence-corrected chi connectivity index (χ1v) is 8.55. The van der Waals surface area contributed by atoms with E-state index >= 15 is 0 Å². The van der Waals surface area contributed by atoms with Gasteiger partial charge in [-0.2, -0.15) is 0 Å². The number of benzene rings is 2. The Morgan fingerprint density at radius 2 is 2.00 bits per heavy atom. The summed E-state index contributed by atoms with van der Waals surface area (Å²) in [7, 11) is 0. The Morgan fingerprint density at radius 3 is 2.70 bits per heavy atom. The number of cyclic esters (lactones) is 1. The molecule has 0 unspecified atom stereocenters. The Balaban J connectivity index is 1.97. The van der Waals surface area contributed by atoms with Crippen molar-refractivity contribution in [2.45, 2.75) is 20.3 Å². The molecular formula is C20H18N2O5. The quantitative estimate of drug-likeness (QED) is 0.335. The van der Waals surface area contributed by atoms with Crippen molar-refractivity contribution in [2.75, 3.05) is 6.61 Å². The lowest BCUT2D eigenvalue weighted by Gasteiger charge is -2.08. The molecule has 0 fully saturated rings. The van der Waals surface area contributed by atoms with Crippen LogP contribution in [-0.2, 0) is 16.0 Å². The Labute approximate surface area is 156 Å². The summed E-state index contributed by atoms with van der Waals surface area (Å²) in [6.45, 7) is 4.17. The monoisotopic (exact) mass is 366 g/mol. The number of carbonyl (C=O) groups is 1. The van der Waals surface area contributed by atoms with E-state index in [2.05, 4.69) is 4.99 Å². The van der Waals surface area contributed by atoms with Crippen molar-refractivity contribution >= 4 is 23.6 Å². The normalized spacial score (nSPS) is 14.8. The number of para-hydroxylation sites is 1. The van der Waals surface area contributed by atoms with Crippen molar-refractivity contribution in [3.05, 3.63) is 75.0 Å². The number of nitro groups is 1. The van der Waals surface area contributed by atoms with Crippen molar-refractivity contribution in [3.8, 4) is 5.75 Å². The zero-order valence-corrected chi connectivity index (χ0v) is 15.0. The predicted molar refractivity (Wildman–Crippen MR) is 101 cm³/mol. The fourth-order valence-electron chi connectivity index (χ4n) is 2.75. The average Bonchev–Trinajstić information content (AvgIpc) is 3.02. The van der Waals surface area contributed by atoms with Gasteiger partial charge in [-0.1, -0.05) is 31.2 Å². The van der Waals surface area contributed by atoms with Crippen molar-refractivity contribution in [2.24, 2.45) is 4.99 Å². The molecular weight excluding hydrogens is 348 g/mol. The number of carbonyl (C=O) groups excluding carboxylic acids is 1. The highest BCUT2D eigenvalue weighted by Gasteiger charge is 2.26. The van der Waals surface area contributed by atoms with Gasteiger partial charge in [0.05, 0.1) is 17.1 Å². The summed E-state index contributed by atoms with van der Waals surface area (Å²) in [6, 6.07) is 12.0. The molecule has 0 aliphatic carbocycles. The molecule has 138 valence electrons. The predicted octanol–water partition coefficient (Wildman–Crippen LogP) is 3.90.